The third-order valence-electron chi connectivity index (χ3n) is 2.43. The van der Waals surface area contributed by atoms with Crippen molar-refractivity contribution in [2.45, 2.75) is 46.6 Å². The van der Waals surface area contributed by atoms with Gasteiger partial charge in [-0.15, -0.1) is 0 Å². The Labute approximate surface area is 93.8 Å². The Bertz CT molecular complexity index is 169. The summed E-state index contributed by atoms with van der Waals surface area (Å²) in [5, 5.41) is 0. The highest BCUT2D eigenvalue weighted by molar-refractivity contribution is 7.80. The lowest BCUT2D eigenvalue weighted by atomic mass is 10.1. The van der Waals surface area contributed by atoms with Gasteiger partial charge in [0.05, 0.1) is 4.99 Å². The molecule has 1 atom stereocenters. The van der Waals surface area contributed by atoms with Crippen LogP contribution in [0, 0.1) is 5.92 Å². The van der Waals surface area contributed by atoms with Gasteiger partial charge in [-0.05, 0) is 18.9 Å². The molecule has 3 heteroatoms. The maximum absolute atomic E-state index is 5.60. The monoisotopic (exact) mass is 216 g/mol. The normalized spacial score (nSPS) is 13.6. The summed E-state index contributed by atoms with van der Waals surface area (Å²) in [5.74, 6) is 0.704. The number of nitrogens with zero attached hydrogens (tertiary/aromatic N) is 1. The SMILES string of the molecule is CCC(CC(N)=S)N(CC)CC(C)C. The molecule has 2 N–H and O–H groups in total. The maximum Gasteiger partial charge on any atom is 0.0743 e. The summed E-state index contributed by atoms with van der Waals surface area (Å²) < 4.78 is 0. The lowest BCUT2D eigenvalue weighted by Crippen LogP contribution is -2.39. The van der Waals surface area contributed by atoms with E-state index in [2.05, 4.69) is 32.6 Å². The zero-order chi connectivity index (χ0) is 11.1. The molecule has 0 saturated carbocycles. The molecule has 0 fully saturated rings. The quantitative estimate of drug-likeness (QED) is 0.663. The molecule has 14 heavy (non-hydrogen) atoms. The first-order chi connectivity index (χ1) is 6.51. The van der Waals surface area contributed by atoms with Crippen molar-refractivity contribution in [2.75, 3.05) is 13.1 Å². The molecule has 0 bridgehead atoms. The van der Waals surface area contributed by atoms with E-state index in [4.69, 9.17) is 18.0 Å². The summed E-state index contributed by atoms with van der Waals surface area (Å²) in [6.07, 6.45) is 1.98. The van der Waals surface area contributed by atoms with Crippen LogP contribution >= 0.6 is 12.2 Å². The van der Waals surface area contributed by atoms with E-state index in [1.807, 2.05) is 0 Å². The van der Waals surface area contributed by atoms with Crippen molar-refractivity contribution in [3.63, 3.8) is 0 Å². The fraction of sp³-hybridized carbons (Fsp3) is 0.909. The zero-order valence-electron chi connectivity index (χ0n) is 9.92. The molecule has 0 amide bonds. The number of hydrogen-bond acceptors (Lipinski definition) is 2. The molecule has 0 heterocycles. The molecule has 0 aliphatic carbocycles. The van der Waals surface area contributed by atoms with Gasteiger partial charge in [-0.1, -0.05) is 39.9 Å². The molecule has 0 rings (SSSR count). The van der Waals surface area contributed by atoms with Crippen molar-refractivity contribution in [1.82, 2.24) is 4.90 Å². The average molecular weight is 216 g/mol. The molecule has 0 radical (unpaired) electrons. The number of hydrogen-bond donors (Lipinski definition) is 1. The molecular formula is C11H24N2S. The summed E-state index contributed by atoms with van der Waals surface area (Å²) >= 11 is 4.97. The van der Waals surface area contributed by atoms with Crippen molar-refractivity contribution in [3.8, 4) is 0 Å². The van der Waals surface area contributed by atoms with Gasteiger partial charge in [0.2, 0.25) is 0 Å². The topological polar surface area (TPSA) is 29.3 Å². The standard InChI is InChI=1S/C11H24N2S/c1-5-10(7-11(12)14)13(6-2)8-9(3)4/h9-10H,5-8H2,1-4H3,(H2,12,14). The predicted molar refractivity (Wildman–Crippen MR) is 67.6 cm³/mol. The van der Waals surface area contributed by atoms with Gasteiger partial charge in [-0.3, -0.25) is 0 Å². The lowest BCUT2D eigenvalue weighted by Gasteiger charge is -2.31. The van der Waals surface area contributed by atoms with E-state index in [1.54, 1.807) is 0 Å². The second kappa shape index (κ2) is 7.18. The Morgan fingerprint density at radius 3 is 2.21 bits per heavy atom. The number of rotatable bonds is 7. The summed E-state index contributed by atoms with van der Waals surface area (Å²) in [5.41, 5.74) is 5.60. The van der Waals surface area contributed by atoms with Crippen LogP contribution in [0.25, 0.3) is 0 Å². The second-order valence-electron chi connectivity index (χ2n) is 4.21. The molecule has 0 aliphatic rings. The van der Waals surface area contributed by atoms with Crippen molar-refractivity contribution < 1.29 is 0 Å². The molecular weight excluding hydrogens is 192 g/mol. The molecule has 1 unspecified atom stereocenters. The lowest BCUT2D eigenvalue weighted by molar-refractivity contribution is 0.183. The highest BCUT2D eigenvalue weighted by Gasteiger charge is 2.16. The molecule has 0 spiro atoms. The maximum atomic E-state index is 5.60. The van der Waals surface area contributed by atoms with Crippen LogP contribution in [0.2, 0.25) is 0 Å². The zero-order valence-corrected chi connectivity index (χ0v) is 10.7. The number of thiocarbonyl (C=S) groups is 1. The smallest absolute Gasteiger partial charge is 0.0743 e. The fourth-order valence-corrected chi connectivity index (χ4v) is 1.96. The van der Waals surface area contributed by atoms with Gasteiger partial charge < -0.3 is 10.6 Å². The van der Waals surface area contributed by atoms with Crippen LogP contribution in [0.4, 0.5) is 0 Å². The molecule has 0 aromatic heterocycles. The molecule has 0 aromatic rings. The van der Waals surface area contributed by atoms with Crippen LogP contribution in [-0.2, 0) is 0 Å². The van der Waals surface area contributed by atoms with E-state index >= 15 is 0 Å². The van der Waals surface area contributed by atoms with Gasteiger partial charge in [0, 0.05) is 19.0 Å². The average Bonchev–Trinajstić information content (AvgIpc) is 2.10. The molecule has 2 nitrogen and oxygen atoms in total. The summed E-state index contributed by atoms with van der Waals surface area (Å²) in [4.78, 5) is 3.11. The summed E-state index contributed by atoms with van der Waals surface area (Å²) in [6.45, 7) is 11.1. The van der Waals surface area contributed by atoms with Gasteiger partial charge in [0.25, 0.3) is 0 Å². The van der Waals surface area contributed by atoms with Gasteiger partial charge >= 0.3 is 0 Å². The first-order valence-electron chi connectivity index (χ1n) is 5.53. The van der Waals surface area contributed by atoms with E-state index < -0.39 is 0 Å². The van der Waals surface area contributed by atoms with Crippen LogP contribution in [0.3, 0.4) is 0 Å². The largest absolute Gasteiger partial charge is 0.393 e. The van der Waals surface area contributed by atoms with Crippen LogP contribution < -0.4 is 5.73 Å². The van der Waals surface area contributed by atoms with Crippen molar-refractivity contribution in [1.29, 1.82) is 0 Å². The Hall–Kier alpha value is -0.150. The van der Waals surface area contributed by atoms with E-state index in [0.29, 0.717) is 16.9 Å². The minimum atomic E-state index is 0.528. The summed E-state index contributed by atoms with van der Waals surface area (Å²) in [7, 11) is 0. The van der Waals surface area contributed by atoms with E-state index in [-0.39, 0.29) is 0 Å². The van der Waals surface area contributed by atoms with Crippen LogP contribution in [0.1, 0.15) is 40.5 Å². The first-order valence-corrected chi connectivity index (χ1v) is 5.94. The van der Waals surface area contributed by atoms with E-state index in [1.165, 1.54) is 0 Å². The second-order valence-corrected chi connectivity index (χ2v) is 4.74. The Morgan fingerprint density at radius 1 is 1.36 bits per heavy atom. The summed E-state index contributed by atoms with van der Waals surface area (Å²) in [6, 6.07) is 0.528. The third kappa shape index (κ3) is 5.55. The molecule has 84 valence electrons. The van der Waals surface area contributed by atoms with Crippen molar-refractivity contribution in [3.05, 3.63) is 0 Å². The van der Waals surface area contributed by atoms with Gasteiger partial charge in [-0.25, -0.2) is 0 Å². The van der Waals surface area contributed by atoms with E-state index in [0.717, 1.165) is 25.9 Å². The predicted octanol–water partition coefficient (Wildman–Crippen LogP) is 2.42. The van der Waals surface area contributed by atoms with Gasteiger partial charge in [0.1, 0.15) is 0 Å². The van der Waals surface area contributed by atoms with E-state index in [9.17, 15) is 0 Å². The highest BCUT2D eigenvalue weighted by atomic mass is 32.1. The molecule has 0 aromatic carbocycles. The minimum absolute atomic E-state index is 0.528. The Morgan fingerprint density at radius 2 is 1.93 bits per heavy atom. The third-order valence-corrected chi connectivity index (χ3v) is 2.60. The fourth-order valence-electron chi connectivity index (χ4n) is 1.77. The van der Waals surface area contributed by atoms with Crippen LogP contribution in [0.15, 0.2) is 0 Å². The molecule has 0 aliphatic heterocycles. The highest BCUT2D eigenvalue weighted by Crippen LogP contribution is 2.11. The Balaban J connectivity index is 4.21. The van der Waals surface area contributed by atoms with Gasteiger partial charge in [0.15, 0.2) is 0 Å². The van der Waals surface area contributed by atoms with Gasteiger partial charge in [-0.2, -0.15) is 0 Å². The Kier molecular flexibility index (Phi) is 7.11. The van der Waals surface area contributed by atoms with Crippen molar-refractivity contribution >= 4 is 17.2 Å². The first kappa shape index (κ1) is 13.8. The minimum Gasteiger partial charge on any atom is -0.393 e. The molecule has 0 saturated heterocycles. The number of nitrogens with two attached hydrogens (primary N) is 1. The van der Waals surface area contributed by atoms with Crippen LogP contribution in [-0.4, -0.2) is 29.0 Å². The van der Waals surface area contributed by atoms with Crippen molar-refractivity contribution in [2.24, 2.45) is 11.7 Å². The van der Waals surface area contributed by atoms with Crippen LogP contribution in [0.5, 0.6) is 0 Å².